The molecular formula is C6H12N5O. The first-order valence-corrected chi connectivity index (χ1v) is 3.72. The number of nitrogens with one attached hydrogen (secondary N) is 1. The van der Waals surface area contributed by atoms with E-state index in [2.05, 4.69) is 15.6 Å². The average Bonchev–Trinajstić information content (AvgIpc) is 2.11. The van der Waals surface area contributed by atoms with E-state index in [1.54, 1.807) is 6.29 Å². The van der Waals surface area contributed by atoms with Gasteiger partial charge in [0.2, 0.25) is 6.29 Å². The van der Waals surface area contributed by atoms with E-state index >= 15 is 0 Å². The fourth-order valence-corrected chi connectivity index (χ4v) is 0.738. The van der Waals surface area contributed by atoms with Gasteiger partial charge in [-0.2, -0.15) is 4.91 Å². The van der Waals surface area contributed by atoms with Gasteiger partial charge in [-0.25, -0.2) is 0 Å². The molecule has 6 heteroatoms. The van der Waals surface area contributed by atoms with Gasteiger partial charge >= 0.3 is 0 Å². The molecule has 67 valence electrons. The van der Waals surface area contributed by atoms with Crippen molar-refractivity contribution in [2.24, 2.45) is 11.0 Å². The zero-order chi connectivity index (χ0) is 9.23. The topological polar surface area (TPSA) is 104 Å². The molecule has 0 spiro atoms. The smallest absolute Gasteiger partial charge is 0.247 e. The Balaban J connectivity index is 3.52. The lowest BCUT2D eigenvalue weighted by atomic mass is 10.1. The quantitative estimate of drug-likeness (QED) is 0.190. The summed E-state index contributed by atoms with van der Waals surface area (Å²) in [4.78, 5) is 12.7. The minimum absolute atomic E-state index is 0.507. The Bertz CT molecular complexity index is 165. The fourth-order valence-electron chi connectivity index (χ4n) is 0.738. The largest absolute Gasteiger partial charge is 0.330 e. The predicted molar refractivity (Wildman–Crippen MR) is 44.7 cm³/mol. The van der Waals surface area contributed by atoms with Crippen molar-refractivity contribution in [2.75, 3.05) is 6.54 Å². The lowest BCUT2D eigenvalue weighted by Gasteiger charge is -2.03. The third kappa shape index (κ3) is 5.52. The molecule has 0 aliphatic carbocycles. The summed E-state index contributed by atoms with van der Waals surface area (Å²) >= 11 is 0. The van der Waals surface area contributed by atoms with E-state index in [0.29, 0.717) is 13.0 Å². The summed E-state index contributed by atoms with van der Waals surface area (Å²) in [6.45, 7) is 0.604. The first-order chi connectivity index (χ1) is 5.85. The van der Waals surface area contributed by atoms with Crippen molar-refractivity contribution >= 4 is 6.29 Å². The summed E-state index contributed by atoms with van der Waals surface area (Å²) in [6.07, 6.45) is 4.01. The molecule has 0 amide bonds. The maximum atomic E-state index is 10.2. The van der Waals surface area contributed by atoms with Gasteiger partial charge in [0.15, 0.2) is 6.04 Å². The maximum absolute atomic E-state index is 10.2. The highest BCUT2D eigenvalue weighted by Crippen LogP contribution is 1.97. The Hall–Kier alpha value is -1.26. The fraction of sp³-hybridized carbons (Fsp3) is 0.833. The number of nitrogens with two attached hydrogens (primary N) is 1. The van der Waals surface area contributed by atoms with Gasteiger partial charge in [-0.3, -0.25) is 10.2 Å². The summed E-state index contributed by atoms with van der Waals surface area (Å²) in [7, 11) is 0. The van der Waals surface area contributed by atoms with Gasteiger partial charge in [0.05, 0.1) is 0 Å². The molecule has 0 aliphatic rings. The first kappa shape index (κ1) is 10.7. The molecule has 12 heavy (non-hydrogen) atoms. The zero-order valence-electron chi connectivity index (χ0n) is 6.73. The Kier molecular flexibility index (Phi) is 7.02. The van der Waals surface area contributed by atoms with Crippen molar-refractivity contribution in [1.29, 1.82) is 0 Å². The molecule has 6 nitrogen and oxygen atoms in total. The summed E-state index contributed by atoms with van der Waals surface area (Å²) in [6, 6.07) is -0.507. The third-order valence-corrected chi connectivity index (χ3v) is 1.35. The predicted octanol–water partition coefficient (Wildman–Crippen LogP) is 0.409. The second-order valence-electron chi connectivity index (χ2n) is 2.27. The van der Waals surface area contributed by atoms with Crippen LogP contribution in [0.25, 0.3) is 10.4 Å². The minimum Gasteiger partial charge on any atom is -0.330 e. The van der Waals surface area contributed by atoms with Crippen LogP contribution < -0.4 is 11.2 Å². The van der Waals surface area contributed by atoms with E-state index in [0.717, 1.165) is 12.8 Å². The van der Waals surface area contributed by atoms with Crippen LogP contribution in [0.2, 0.25) is 0 Å². The Labute approximate surface area is 70.7 Å². The van der Waals surface area contributed by atoms with Crippen molar-refractivity contribution in [2.45, 2.75) is 25.3 Å². The van der Waals surface area contributed by atoms with Crippen LogP contribution in [0.3, 0.4) is 0 Å². The van der Waals surface area contributed by atoms with Gasteiger partial charge in [-0.1, -0.05) is 0 Å². The Morgan fingerprint density at radius 1 is 1.67 bits per heavy atom. The van der Waals surface area contributed by atoms with E-state index in [9.17, 15) is 4.79 Å². The molecule has 0 aromatic rings. The van der Waals surface area contributed by atoms with Crippen LogP contribution in [0.4, 0.5) is 0 Å². The van der Waals surface area contributed by atoms with Gasteiger partial charge in [-0.05, 0) is 31.0 Å². The van der Waals surface area contributed by atoms with Crippen LogP contribution in [-0.2, 0) is 4.79 Å². The van der Waals surface area contributed by atoms with E-state index in [-0.39, 0.29) is 0 Å². The number of unbranched alkanes of at least 4 members (excludes halogenated alkanes) is 1. The molecule has 0 aliphatic heterocycles. The molecule has 1 unspecified atom stereocenters. The third-order valence-electron chi connectivity index (χ3n) is 1.35. The Morgan fingerprint density at radius 3 is 2.92 bits per heavy atom. The molecule has 0 bridgehead atoms. The van der Waals surface area contributed by atoms with Crippen molar-refractivity contribution in [3.05, 3.63) is 10.4 Å². The number of azide groups is 1. The van der Waals surface area contributed by atoms with Gasteiger partial charge in [0.25, 0.3) is 0 Å². The molecule has 3 N–H and O–H groups in total. The highest BCUT2D eigenvalue weighted by molar-refractivity contribution is 5.58. The highest BCUT2D eigenvalue weighted by Gasteiger charge is 2.07. The second kappa shape index (κ2) is 7.84. The van der Waals surface area contributed by atoms with Crippen LogP contribution in [0.15, 0.2) is 5.22 Å². The number of hydrogen-bond donors (Lipinski definition) is 2. The highest BCUT2D eigenvalue weighted by atomic mass is 16.1. The second-order valence-corrected chi connectivity index (χ2v) is 2.27. The molecule has 0 aromatic carbocycles. The van der Waals surface area contributed by atoms with Gasteiger partial charge < -0.3 is 5.73 Å². The van der Waals surface area contributed by atoms with Crippen LogP contribution in [0.5, 0.6) is 0 Å². The zero-order valence-corrected chi connectivity index (χ0v) is 6.73. The molecule has 0 aromatic heterocycles. The minimum atomic E-state index is -0.507. The molecule has 1 radical (unpaired) electrons. The van der Waals surface area contributed by atoms with Gasteiger partial charge in [-0.15, -0.1) is 5.53 Å². The average molecular weight is 170 g/mol. The molecule has 0 saturated heterocycles. The van der Waals surface area contributed by atoms with E-state index in [4.69, 9.17) is 11.3 Å². The molecule has 0 saturated carbocycles. The van der Waals surface area contributed by atoms with Crippen LogP contribution in [0.1, 0.15) is 19.3 Å². The lowest BCUT2D eigenvalue weighted by Crippen LogP contribution is -2.25. The first-order valence-electron chi connectivity index (χ1n) is 3.72. The van der Waals surface area contributed by atoms with Crippen molar-refractivity contribution < 1.29 is 4.79 Å². The molecule has 0 rings (SSSR count). The van der Waals surface area contributed by atoms with Crippen LogP contribution in [0, 0.1) is 0 Å². The molecule has 0 fully saturated rings. The van der Waals surface area contributed by atoms with Gasteiger partial charge in [0.1, 0.15) is 0 Å². The van der Waals surface area contributed by atoms with Crippen molar-refractivity contribution in [3.63, 3.8) is 0 Å². The summed E-state index contributed by atoms with van der Waals surface area (Å²) in [5.74, 6) is 0. The molecular weight excluding hydrogens is 158 g/mol. The maximum Gasteiger partial charge on any atom is 0.247 e. The SMILES string of the molecule is [N-]=[N+]=NNC([C]=O)CCCCN. The number of nitrogens with zero attached hydrogens (tertiary/aromatic N) is 3. The summed E-state index contributed by atoms with van der Waals surface area (Å²) in [5.41, 5.74) is 15.5. The normalized spacial score (nSPS) is 11.4. The van der Waals surface area contributed by atoms with E-state index in [1.807, 2.05) is 0 Å². The van der Waals surface area contributed by atoms with Crippen LogP contribution >= 0.6 is 0 Å². The van der Waals surface area contributed by atoms with Gasteiger partial charge in [0, 0.05) is 0 Å². The number of rotatable bonds is 7. The lowest BCUT2D eigenvalue weighted by molar-refractivity contribution is 0.495. The van der Waals surface area contributed by atoms with Crippen molar-refractivity contribution in [1.82, 2.24) is 5.43 Å². The molecule has 1 atom stereocenters. The summed E-state index contributed by atoms with van der Waals surface area (Å²) in [5, 5.41) is 3.06. The monoisotopic (exact) mass is 170 g/mol. The van der Waals surface area contributed by atoms with Crippen molar-refractivity contribution in [3.8, 4) is 0 Å². The van der Waals surface area contributed by atoms with E-state index in [1.165, 1.54) is 0 Å². The Morgan fingerprint density at radius 2 is 2.42 bits per heavy atom. The molecule has 0 heterocycles. The van der Waals surface area contributed by atoms with Crippen LogP contribution in [-0.4, -0.2) is 18.9 Å². The number of hydrogen-bond acceptors (Lipinski definition) is 3. The standard InChI is InChI=1S/C6H12N5O/c7-4-2-1-3-6(5-12)9-11-10-8/h6,9H,1-4,7H2. The summed E-state index contributed by atoms with van der Waals surface area (Å²) < 4.78 is 0. The van der Waals surface area contributed by atoms with E-state index < -0.39 is 6.04 Å². The number of carbonyl (C=O) groups excluding carboxylic acids is 1.